The lowest BCUT2D eigenvalue weighted by Crippen LogP contribution is -2.30. The van der Waals surface area contributed by atoms with Crippen molar-refractivity contribution in [1.29, 1.82) is 0 Å². The van der Waals surface area contributed by atoms with Crippen LogP contribution < -0.4 is 5.32 Å². The molecule has 1 heterocycles. The molecule has 0 fully saturated rings. The van der Waals surface area contributed by atoms with Crippen molar-refractivity contribution >= 4 is 38.9 Å². The molecule has 0 spiro atoms. The summed E-state index contributed by atoms with van der Waals surface area (Å²) >= 11 is 7.78. The van der Waals surface area contributed by atoms with Gasteiger partial charge in [-0.05, 0) is 18.4 Å². The third-order valence-electron chi connectivity index (χ3n) is 2.94. The number of thiophene rings is 1. The first-order chi connectivity index (χ1) is 9.08. The van der Waals surface area contributed by atoms with E-state index in [1.165, 1.54) is 0 Å². The number of benzene rings is 1. The summed E-state index contributed by atoms with van der Waals surface area (Å²) in [6.45, 7) is 4.77. The Morgan fingerprint density at radius 2 is 2.11 bits per heavy atom. The van der Waals surface area contributed by atoms with Crippen LogP contribution in [0.4, 0.5) is 0 Å². The van der Waals surface area contributed by atoms with E-state index in [2.05, 4.69) is 19.2 Å². The van der Waals surface area contributed by atoms with Gasteiger partial charge in [0, 0.05) is 22.0 Å². The lowest BCUT2D eigenvalue weighted by atomic mass is 10.1. The van der Waals surface area contributed by atoms with Crippen molar-refractivity contribution in [2.45, 2.75) is 25.6 Å². The van der Waals surface area contributed by atoms with E-state index in [4.69, 9.17) is 11.6 Å². The predicted molar refractivity (Wildman–Crippen MR) is 83.3 cm³/mol. The second-order valence-corrected chi connectivity index (χ2v) is 6.61. The van der Waals surface area contributed by atoms with E-state index in [-0.39, 0.29) is 11.3 Å². The number of amides is 1. The highest BCUT2D eigenvalue weighted by atomic mass is 35.5. The molecule has 1 unspecified atom stereocenters. The van der Waals surface area contributed by atoms with Gasteiger partial charge < -0.3 is 5.32 Å². The topological polar surface area (TPSA) is 29.1 Å². The van der Waals surface area contributed by atoms with Crippen LogP contribution in [0.15, 0.2) is 29.6 Å². The molecule has 0 saturated carbocycles. The van der Waals surface area contributed by atoms with Crippen LogP contribution in [-0.2, 0) is 0 Å². The SMILES string of the molecule is CC(C)CC(Cl)CNC(=O)c1csc2ccccc12. The monoisotopic (exact) mass is 295 g/mol. The lowest BCUT2D eigenvalue weighted by molar-refractivity contribution is 0.0955. The van der Waals surface area contributed by atoms with Crippen LogP contribution >= 0.6 is 22.9 Å². The van der Waals surface area contributed by atoms with Gasteiger partial charge in [0.15, 0.2) is 0 Å². The number of alkyl halides is 1. The van der Waals surface area contributed by atoms with Gasteiger partial charge in [-0.1, -0.05) is 32.0 Å². The Kier molecular flexibility index (Phi) is 4.83. The van der Waals surface area contributed by atoms with Gasteiger partial charge in [0.1, 0.15) is 0 Å². The lowest BCUT2D eigenvalue weighted by Gasteiger charge is -2.12. The molecule has 102 valence electrons. The largest absolute Gasteiger partial charge is 0.351 e. The fourth-order valence-electron chi connectivity index (χ4n) is 2.05. The number of rotatable bonds is 5. The molecule has 2 nitrogen and oxygen atoms in total. The van der Waals surface area contributed by atoms with E-state index in [0.29, 0.717) is 12.5 Å². The third-order valence-corrected chi connectivity index (χ3v) is 4.23. The van der Waals surface area contributed by atoms with Gasteiger partial charge in [-0.2, -0.15) is 0 Å². The summed E-state index contributed by atoms with van der Waals surface area (Å²) in [5.74, 6) is 0.508. The molecule has 0 bridgehead atoms. The first kappa shape index (κ1) is 14.4. The zero-order chi connectivity index (χ0) is 13.8. The van der Waals surface area contributed by atoms with Crippen molar-refractivity contribution in [3.63, 3.8) is 0 Å². The average molecular weight is 296 g/mol. The van der Waals surface area contributed by atoms with E-state index >= 15 is 0 Å². The predicted octanol–water partition coefficient (Wildman–Crippen LogP) is 4.28. The van der Waals surface area contributed by atoms with Gasteiger partial charge in [0.05, 0.1) is 10.9 Å². The van der Waals surface area contributed by atoms with E-state index < -0.39 is 0 Å². The molecule has 1 aromatic heterocycles. The van der Waals surface area contributed by atoms with Crippen LogP contribution in [-0.4, -0.2) is 17.8 Å². The Morgan fingerprint density at radius 1 is 1.37 bits per heavy atom. The minimum absolute atomic E-state index is 0.00569. The number of hydrogen-bond donors (Lipinski definition) is 1. The molecular formula is C15H18ClNOS. The molecule has 1 amide bonds. The number of carbonyl (C=O) groups is 1. The van der Waals surface area contributed by atoms with Crippen molar-refractivity contribution in [1.82, 2.24) is 5.32 Å². The normalized spacial score (nSPS) is 12.8. The van der Waals surface area contributed by atoms with E-state index in [1.54, 1.807) is 11.3 Å². The number of halogens is 1. The maximum absolute atomic E-state index is 12.1. The third kappa shape index (κ3) is 3.71. The Bertz CT molecular complexity index is 564. The average Bonchev–Trinajstić information content (AvgIpc) is 2.79. The highest BCUT2D eigenvalue weighted by Gasteiger charge is 2.13. The Morgan fingerprint density at radius 3 is 2.84 bits per heavy atom. The smallest absolute Gasteiger partial charge is 0.252 e. The second-order valence-electron chi connectivity index (χ2n) is 5.08. The van der Waals surface area contributed by atoms with Crippen LogP contribution in [0.3, 0.4) is 0 Å². The van der Waals surface area contributed by atoms with Crippen LogP contribution in [0.25, 0.3) is 10.1 Å². The standard InChI is InChI=1S/C15H18ClNOS/c1-10(2)7-11(16)8-17-15(18)13-9-19-14-6-4-3-5-12(13)14/h3-6,9-11H,7-8H2,1-2H3,(H,17,18). The number of hydrogen-bond acceptors (Lipinski definition) is 2. The van der Waals surface area contributed by atoms with Crippen molar-refractivity contribution < 1.29 is 4.79 Å². The van der Waals surface area contributed by atoms with Crippen LogP contribution in [0.1, 0.15) is 30.6 Å². The number of nitrogens with one attached hydrogen (secondary N) is 1. The molecule has 1 aromatic carbocycles. The Balaban J connectivity index is 2.00. The van der Waals surface area contributed by atoms with Crippen molar-refractivity contribution in [2.75, 3.05) is 6.54 Å². The highest BCUT2D eigenvalue weighted by Crippen LogP contribution is 2.25. The number of fused-ring (bicyclic) bond motifs is 1. The molecule has 0 aliphatic carbocycles. The molecule has 4 heteroatoms. The van der Waals surface area contributed by atoms with Crippen molar-refractivity contribution in [2.24, 2.45) is 5.92 Å². The molecule has 1 atom stereocenters. The molecule has 0 aliphatic rings. The zero-order valence-electron chi connectivity index (χ0n) is 11.2. The van der Waals surface area contributed by atoms with E-state index in [1.807, 2.05) is 29.6 Å². The summed E-state index contributed by atoms with van der Waals surface area (Å²) in [7, 11) is 0. The van der Waals surface area contributed by atoms with E-state index in [9.17, 15) is 4.79 Å². The maximum Gasteiger partial charge on any atom is 0.252 e. The molecular weight excluding hydrogens is 278 g/mol. The van der Waals surface area contributed by atoms with Crippen molar-refractivity contribution in [3.05, 3.63) is 35.2 Å². The van der Waals surface area contributed by atoms with Crippen LogP contribution in [0.2, 0.25) is 0 Å². The maximum atomic E-state index is 12.1. The van der Waals surface area contributed by atoms with E-state index in [0.717, 1.165) is 22.1 Å². The van der Waals surface area contributed by atoms with Gasteiger partial charge in [-0.25, -0.2) is 0 Å². The summed E-state index contributed by atoms with van der Waals surface area (Å²) < 4.78 is 1.14. The molecule has 19 heavy (non-hydrogen) atoms. The first-order valence-electron chi connectivity index (χ1n) is 6.46. The molecule has 1 N–H and O–H groups in total. The van der Waals surface area contributed by atoms with Gasteiger partial charge in [0.25, 0.3) is 5.91 Å². The van der Waals surface area contributed by atoms with Crippen molar-refractivity contribution in [3.8, 4) is 0 Å². The summed E-state index contributed by atoms with van der Waals surface area (Å²) in [5.41, 5.74) is 0.744. The Hall–Kier alpha value is -1.06. The molecule has 0 saturated heterocycles. The number of carbonyl (C=O) groups excluding carboxylic acids is 1. The van der Waals surface area contributed by atoms with Crippen LogP contribution in [0.5, 0.6) is 0 Å². The quantitative estimate of drug-likeness (QED) is 0.819. The fraction of sp³-hybridized carbons (Fsp3) is 0.400. The molecule has 2 aromatic rings. The minimum atomic E-state index is -0.0353. The summed E-state index contributed by atoms with van der Waals surface area (Å²) in [5, 5.41) is 5.83. The highest BCUT2D eigenvalue weighted by molar-refractivity contribution is 7.17. The first-order valence-corrected chi connectivity index (χ1v) is 7.78. The molecule has 0 radical (unpaired) electrons. The zero-order valence-corrected chi connectivity index (χ0v) is 12.7. The fourth-order valence-corrected chi connectivity index (χ4v) is 3.42. The Labute approximate surface area is 122 Å². The minimum Gasteiger partial charge on any atom is -0.351 e. The van der Waals surface area contributed by atoms with Crippen LogP contribution in [0, 0.1) is 5.92 Å². The summed E-state index contributed by atoms with van der Waals surface area (Å²) in [6, 6.07) is 7.94. The van der Waals surface area contributed by atoms with Gasteiger partial charge in [0.2, 0.25) is 0 Å². The second kappa shape index (κ2) is 6.40. The molecule has 0 aliphatic heterocycles. The molecule has 2 rings (SSSR count). The van der Waals surface area contributed by atoms with Gasteiger partial charge >= 0.3 is 0 Å². The van der Waals surface area contributed by atoms with Gasteiger partial charge in [-0.3, -0.25) is 4.79 Å². The summed E-state index contributed by atoms with van der Waals surface area (Å²) in [4.78, 5) is 12.1. The summed E-state index contributed by atoms with van der Waals surface area (Å²) in [6.07, 6.45) is 0.909. The van der Waals surface area contributed by atoms with Gasteiger partial charge in [-0.15, -0.1) is 22.9 Å².